The smallest absolute Gasteiger partial charge is 0.00426 e. The van der Waals surface area contributed by atoms with Gasteiger partial charge in [-0.05, 0) is 19.1 Å². The Kier molecular flexibility index (Phi) is 6.05. The molecular formula is C10H16S. The van der Waals surface area contributed by atoms with Gasteiger partial charge in [0.2, 0.25) is 0 Å². The van der Waals surface area contributed by atoms with Crippen LogP contribution in [-0.4, -0.2) is 0 Å². The molecule has 0 spiro atoms. The first kappa shape index (κ1) is 10.6. The van der Waals surface area contributed by atoms with Crippen molar-refractivity contribution in [3.63, 3.8) is 0 Å². The van der Waals surface area contributed by atoms with Gasteiger partial charge in [0.1, 0.15) is 0 Å². The van der Waals surface area contributed by atoms with Crippen LogP contribution in [0.5, 0.6) is 0 Å². The number of aryl methyl sites for hydroxylation is 1. The van der Waals surface area contributed by atoms with Crippen LogP contribution >= 0.6 is 12.6 Å². The molecule has 0 atom stereocenters. The summed E-state index contributed by atoms with van der Waals surface area (Å²) in [4.78, 5) is 1.03. The predicted octanol–water partition coefficient (Wildman–Crippen LogP) is 3.70. The van der Waals surface area contributed by atoms with Crippen molar-refractivity contribution in [2.24, 2.45) is 0 Å². The lowest BCUT2D eigenvalue weighted by atomic mass is 10.2. The van der Waals surface area contributed by atoms with Crippen molar-refractivity contribution < 1.29 is 0 Å². The minimum absolute atomic E-state index is 1.03. The highest BCUT2D eigenvalue weighted by Gasteiger charge is 1.81. The Balaban J connectivity index is 0.000000292. The van der Waals surface area contributed by atoms with Crippen LogP contribution < -0.4 is 0 Å². The largest absolute Gasteiger partial charge is 0.143 e. The summed E-state index contributed by atoms with van der Waals surface area (Å²) in [6, 6.07) is 8.05. The van der Waals surface area contributed by atoms with E-state index < -0.39 is 0 Å². The van der Waals surface area contributed by atoms with Gasteiger partial charge in [0.15, 0.2) is 0 Å². The summed E-state index contributed by atoms with van der Waals surface area (Å²) in [7, 11) is 0. The van der Waals surface area contributed by atoms with Crippen LogP contribution in [0.4, 0.5) is 0 Å². The van der Waals surface area contributed by atoms with E-state index in [2.05, 4.69) is 39.5 Å². The molecule has 0 amide bonds. The number of thiol groups is 1. The molecule has 0 bridgehead atoms. The van der Waals surface area contributed by atoms with Gasteiger partial charge in [-0.1, -0.05) is 38.0 Å². The van der Waals surface area contributed by atoms with E-state index in [1.807, 2.05) is 18.2 Å². The monoisotopic (exact) mass is 168 g/mol. The highest BCUT2D eigenvalue weighted by Crippen LogP contribution is 2.06. The van der Waals surface area contributed by atoms with Crippen LogP contribution in [-0.2, 0) is 0 Å². The molecule has 0 aliphatic carbocycles. The molecule has 62 valence electrons. The molecular weight excluding hydrogens is 152 g/mol. The van der Waals surface area contributed by atoms with Gasteiger partial charge in [-0.15, -0.1) is 12.6 Å². The SMILES string of the molecule is CCC.Cc1cccc(S)c1. The van der Waals surface area contributed by atoms with E-state index >= 15 is 0 Å². The van der Waals surface area contributed by atoms with Crippen molar-refractivity contribution in [3.05, 3.63) is 29.8 Å². The summed E-state index contributed by atoms with van der Waals surface area (Å²) in [5, 5.41) is 0. The lowest BCUT2D eigenvalue weighted by Crippen LogP contribution is -1.67. The first-order valence-electron chi connectivity index (χ1n) is 3.96. The second-order valence-electron chi connectivity index (χ2n) is 2.55. The molecule has 1 heteroatoms. The molecule has 0 aromatic heterocycles. The second kappa shape index (κ2) is 6.29. The van der Waals surface area contributed by atoms with Crippen LogP contribution in [0.1, 0.15) is 25.8 Å². The first-order chi connectivity index (χ1) is 5.20. The fourth-order valence-corrected chi connectivity index (χ4v) is 0.918. The highest BCUT2D eigenvalue weighted by atomic mass is 32.1. The third-order valence-electron chi connectivity index (χ3n) is 1.00. The summed E-state index contributed by atoms with van der Waals surface area (Å²) >= 11 is 4.15. The maximum absolute atomic E-state index is 4.15. The van der Waals surface area contributed by atoms with Crippen molar-refractivity contribution in [1.82, 2.24) is 0 Å². The van der Waals surface area contributed by atoms with Gasteiger partial charge in [-0.25, -0.2) is 0 Å². The van der Waals surface area contributed by atoms with E-state index in [4.69, 9.17) is 0 Å². The summed E-state index contributed by atoms with van der Waals surface area (Å²) in [5.74, 6) is 0. The Bertz CT molecular complexity index is 177. The standard InChI is InChI=1S/C7H8S.C3H8/c1-6-3-2-4-7(8)5-6;1-3-2/h2-5,8H,1H3;3H2,1-2H3. The first-order valence-corrected chi connectivity index (χ1v) is 4.41. The van der Waals surface area contributed by atoms with E-state index in [1.165, 1.54) is 12.0 Å². The molecule has 1 aromatic carbocycles. The Morgan fingerprint density at radius 2 is 1.82 bits per heavy atom. The maximum Gasteiger partial charge on any atom is 0.00426 e. The summed E-state index contributed by atoms with van der Waals surface area (Å²) in [6.45, 7) is 6.31. The maximum atomic E-state index is 4.15. The zero-order valence-electron chi connectivity index (χ0n) is 7.46. The normalized spacial score (nSPS) is 8.36. The average Bonchev–Trinajstić information content (AvgIpc) is 1.88. The van der Waals surface area contributed by atoms with E-state index in [0.29, 0.717) is 0 Å². The van der Waals surface area contributed by atoms with Crippen molar-refractivity contribution in [3.8, 4) is 0 Å². The quantitative estimate of drug-likeness (QED) is 0.561. The summed E-state index contributed by atoms with van der Waals surface area (Å²) in [6.07, 6.45) is 1.25. The molecule has 0 aliphatic heterocycles. The molecule has 1 rings (SSSR count). The molecule has 0 saturated heterocycles. The zero-order valence-corrected chi connectivity index (χ0v) is 8.36. The molecule has 11 heavy (non-hydrogen) atoms. The van der Waals surface area contributed by atoms with E-state index in [9.17, 15) is 0 Å². The summed E-state index contributed by atoms with van der Waals surface area (Å²) < 4.78 is 0. The second-order valence-corrected chi connectivity index (χ2v) is 3.06. The van der Waals surface area contributed by atoms with Gasteiger partial charge in [0.25, 0.3) is 0 Å². The molecule has 0 heterocycles. The molecule has 0 saturated carbocycles. The van der Waals surface area contributed by atoms with Gasteiger partial charge >= 0.3 is 0 Å². The third kappa shape index (κ3) is 5.99. The van der Waals surface area contributed by atoms with Crippen LogP contribution in [0.3, 0.4) is 0 Å². The predicted molar refractivity (Wildman–Crippen MR) is 54.4 cm³/mol. The van der Waals surface area contributed by atoms with E-state index in [1.54, 1.807) is 0 Å². The third-order valence-corrected chi connectivity index (χ3v) is 1.28. The lowest BCUT2D eigenvalue weighted by molar-refractivity contribution is 1.09. The van der Waals surface area contributed by atoms with E-state index in [0.717, 1.165) is 4.90 Å². The molecule has 0 nitrogen and oxygen atoms in total. The van der Waals surface area contributed by atoms with Crippen molar-refractivity contribution in [1.29, 1.82) is 0 Å². The average molecular weight is 168 g/mol. The van der Waals surface area contributed by atoms with Crippen molar-refractivity contribution in [2.45, 2.75) is 32.1 Å². The molecule has 0 fully saturated rings. The van der Waals surface area contributed by atoms with Gasteiger partial charge in [-0.3, -0.25) is 0 Å². The molecule has 0 radical (unpaired) electrons. The minimum atomic E-state index is 1.03. The van der Waals surface area contributed by atoms with Crippen LogP contribution in [0, 0.1) is 6.92 Å². The Labute approximate surface area is 75.1 Å². The minimum Gasteiger partial charge on any atom is -0.143 e. The Morgan fingerprint density at radius 3 is 2.09 bits per heavy atom. The number of rotatable bonds is 0. The van der Waals surface area contributed by atoms with Crippen molar-refractivity contribution >= 4 is 12.6 Å². The highest BCUT2D eigenvalue weighted by molar-refractivity contribution is 7.80. The molecule has 0 aliphatic rings. The van der Waals surface area contributed by atoms with Gasteiger partial charge in [-0.2, -0.15) is 0 Å². The fraction of sp³-hybridized carbons (Fsp3) is 0.400. The van der Waals surface area contributed by atoms with Crippen LogP contribution in [0.25, 0.3) is 0 Å². The van der Waals surface area contributed by atoms with Crippen molar-refractivity contribution in [2.75, 3.05) is 0 Å². The lowest BCUT2D eigenvalue weighted by Gasteiger charge is -1.89. The number of benzene rings is 1. The zero-order chi connectivity index (χ0) is 8.69. The Hall–Kier alpha value is -0.430. The molecule has 0 N–H and O–H groups in total. The summed E-state index contributed by atoms with van der Waals surface area (Å²) in [5.41, 5.74) is 1.26. The number of hydrogen-bond donors (Lipinski definition) is 1. The molecule has 1 aromatic rings. The van der Waals surface area contributed by atoms with E-state index in [-0.39, 0.29) is 0 Å². The number of hydrogen-bond acceptors (Lipinski definition) is 1. The Morgan fingerprint density at radius 1 is 1.27 bits per heavy atom. The van der Waals surface area contributed by atoms with Crippen LogP contribution in [0.15, 0.2) is 29.2 Å². The van der Waals surface area contributed by atoms with Gasteiger partial charge < -0.3 is 0 Å². The topological polar surface area (TPSA) is 0 Å². The fourth-order valence-electron chi connectivity index (χ4n) is 0.628. The van der Waals surface area contributed by atoms with Gasteiger partial charge in [0, 0.05) is 4.90 Å². The molecule has 0 unspecified atom stereocenters. The van der Waals surface area contributed by atoms with Gasteiger partial charge in [0.05, 0.1) is 0 Å². The van der Waals surface area contributed by atoms with Crippen LogP contribution in [0.2, 0.25) is 0 Å².